The van der Waals surface area contributed by atoms with E-state index in [1.54, 1.807) is 0 Å². The summed E-state index contributed by atoms with van der Waals surface area (Å²) in [6.45, 7) is 2.63. The highest BCUT2D eigenvalue weighted by Gasteiger charge is 2.54. The number of carbonyl (C=O) groups is 1. The molecule has 2 fully saturated rings. The van der Waals surface area contributed by atoms with Crippen LogP contribution >= 0.6 is 0 Å². The first-order chi connectivity index (χ1) is 7.27. The summed E-state index contributed by atoms with van der Waals surface area (Å²) < 4.78 is 5.93. The van der Waals surface area contributed by atoms with Crippen LogP contribution in [0.15, 0.2) is 12.2 Å². The van der Waals surface area contributed by atoms with E-state index < -0.39 is 5.72 Å². The monoisotopic (exact) mass is 209 g/mol. The van der Waals surface area contributed by atoms with Gasteiger partial charge in [0.1, 0.15) is 0 Å². The molecule has 3 aliphatic rings. The molecule has 4 heteroatoms. The van der Waals surface area contributed by atoms with E-state index in [0.717, 1.165) is 19.3 Å². The fourth-order valence-corrected chi connectivity index (χ4v) is 2.67. The smallest absolute Gasteiger partial charge is 0.255 e. The number of fused-ring (bicyclic) bond motifs is 1. The van der Waals surface area contributed by atoms with E-state index in [-0.39, 0.29) is 17.9 Å². The second-order valence-corrected chi connectivity index (χ2v) is 4.37. The zero-order chi connectivity index (χ0) is 10.5. The number of hydrogen-bond donors (Lipinski definition) is 0. The van der Waals surface area contributed by atoms with E-state index in [2.05, 4.69) is 0 Å². The van der Waals surface area contributed by atoms with Gasteiger partial charge < -0.3 is 4.74 Å². The molecule has 15 heavy (non-hydrogen) atoms. The summed E-state index contributed by atoms with van der Waals surface area (Å²) >= 11 is 0. The number of carbonyl (C=O) groups excluding carboxylic acids is 1. The van der Waals surface area contributed by atoms with E-state index in [9.17, 15) is 4.79 Å². The number of nitrogens with zero attached hydrogens (tertiary/aromatic N) is 1. The Morgan fingerprint density at radius 1 is 1.67 bits per heavy atom. The van der Waals surface area contributed by atoms with Crippen molar-refractivity contribution in [2.24, 2.45) is 5.92 Å². The van der Waals surface area contributed by atoms with Crippen molar-refractivity contribution in [3.8, 4) is 0 Å². The molecule has 0 aromatic rings. The highest BCUT2D eigenvalue weighted by molar-refractivity contribution is 5.81. The van der Waals surface area contributed by atoms with E-state index in [1.165, 1.54) is 5.06 Å². The maximum Gasteiger partial charge on any atom is 0.255 e. The van der Waals surface area contributed by atoms with E-state index in [0.29, 0.717) is 6.61 Å². The predicted octanol–water partition coefficient (Wildman–Crippen LogP) is 1.23. The van der Waals surface area contributed by atoms with Gasteiger partial charge in [-0.3, -0.25) is 9.63 Å². The van der Waals surface area contributed by atoms with Crippen molar-refractivity contribution in [1.82, 2.24) is 5.06 Å². The number of rotatable bonds is 1. The summed E-state index contributed by atoms with van der Waals surface area (Å²) in [7, 11) is 0. The van der Waals surface area contributed by atoms with Crippen LogP contribution in [-0.4, -0.2) is 29.4 Å². The van der Waals surface area contributed by atoms with Crippen LogP contribution in [0.4, 0.5) is 0 Å². The van der Waals surface area contributed by atoms with Crippen LogP contribution in [0.2, 0.25) is 0 Å². The van der Waals surface area contributed by atoms with Crippen LogP contribution in [0.1, 0.15) is 26.2 Å². The molecule has 3 aliphatic heterocycles. The molecule has 1 spiro atoms. The van der Waals surface area contributed by atoms with Crippen molar-refractivity contribution < 1.29 is 14.4 Å². The quantitative estimate of drug-likeness (QED) is 0.610. The van der Waals surface area contributed by atoms with E-state index >= 15 is 0 Å². The van der Waals surface area contributed by atoms with Crippen LogP contribution in [0.25, 0.3) is 0 Å². The maximum atomic E-state index is 12.1. The standard InChI is InChI=1S/C11H15NO3/c1-2-8-9-4-6-11(15-9)5-3-7-14-12(11)10(8)13/h4,6,8-9H,2-3,5,7H2,1H3/t8-,9+,11-/m1/s1. The Bertz CT molecular complexity index is 328. The Hall–Kier alpha value is -0.870. The third-order valence-corrected chi connectivity index (χ3v) is 3.48. The average Bonchev–Trinajstić information content (AvgIpc) is 2.60. The Morgan fingerprint density at radius 2 is 2.53 bits per heavy atom. The molecule has 0 N–H and O–H groups in total. The third-order valence-electron chi connectivity index (χ3n) is 3.48. The fraction of sp³-hybridized carbons (Fsp3) is 0.727. The van der Waals surface area contributed by atoms with Crippen LogP contribution in [0, 0.1) is 5.92 Å². The lowest BCUT2D eigenvalue weighted by molar-refractivity contribution is -0.320. The van der Waals surface area contributed by atoms with Gasteiger partial charge in [-0.25, -0.2) is 0 Å². The Kier molecular flexibility index (Phi) is 1.91. The molecule has 3 atom stereocenters. The first kappa shape index (κ1) is 9.36. The lowest BCUT2D eigenvalue weighted by Gasteiger charge is -2.47. The summed E-state index contributed by atoms with van der Waals surface area (Å²) in [6, 6.07) is 0. The van der Waals surface area contributed by atoms with Gasteiger partial charge in [-0.15, -0.1) is 0 Å². The molecule has 4 nitrogen and oxygen atoms in total. The zero-order valence-electron chi connectivity index (χ0n) is 8.81. The van der Waals surface area contributed by atoms with Gasteiger partial charge in [-0.2, -0.15) is 5.06 Å². The largest absolute Gasteiger partial charge is 0.341 e. The third kappa shape index (κ3) is 1.12. The highest BCUT2D eigenvalue weighted by Crippen LogP contribution is 2.43. The molecule has 3 heterocycles. The molecule has 0 saturated carbocycles. The lowest BCUT2D eigenvalue weighted by atomic mass is 9.96. The molecule has 82 valence electrons. The molecule has 0 unspecified atom stereocenters. The topological polar surface area (TPSA) is 38.8 Å². The SMILES string of the molecule is CC[C@H]1C(=O)N2OCCC[C@@]23C=C[C@@H]1O3. The van der Waals surface area contributed by atoms with Gasteiger partial charge in [-0.05, 0) is 18.9 Å². The van der Waals surface area contributed by atoms with Crippen LogP contribution < -0.4 is 0 Å². The van der Waals surface area contributed by atoms with Crippen molar-refractivity contribution in [3.05, 3.63) is 12.2 Å². The van der Waals surface area contributed by atoms with Crippen molar-refractivity contribution in [3.63, 3.8) is 0 Å². The molecule has 2 saturated heterocycles. The minimum absolute atomic E-state index is 0.0413. The average molecular weight is 209 g/mol. The maximum absolute atomic E-state index is 12.1. The minimum atomic E-state index is -0.578. The molecule has 1 amide bonds. The molecule has 2 bridgehead atoms. The zero-order valence-corrected chi connectivity index (χ0v) is 8.81. The molecular formula is C11H15NO3. The summed E-state index contributed by atoms with van der Waals surface area (Å²) in [5, 5.41) is 1.46. The summed E-state index contributed by atoms with van der Waals surface area (Å²) in [6.07, 6.45) is 6.55. The van der Waals surface area contributed by atoms with Crippen molar-refractivity contribution in [2.75, 3.05) is 6.61 Å². The second-order valence-electron chi connectivity index (χ2n) is 4.37. The summed E-state index contributed by atoms with van der Waals surface area (Å²) in [5.74, 6) is 0.00780. The van der Waals surface area contributed by atoms with Gasteiger partial charge in [0.05, 0.1) is 18.6 Å². The fourth-order valence-electron chi connectivity index (χ4n) is 2.67. The summed E-state index contributed by atoms with van der Waals surface area (Å²) in [5.41, 5.74) is -0.578. The highest BCUT2D eigenvalue weighted by atomic mass is 16.7. The number of amides is 1. The molecule has 0 aromatic carbocycles. The second kappa shape index (κ2) is 3.06. The Morgan fingerprint density at radius 3 is 3.33 bits per heavy atom. The molecule has 0 aromatic heterocycles. The molecule has 0 aliphatic carbocycles. The van der Waals surface area contributed by atoms with Crippen molar-refractivity contribution in [1.29, 1.82) is 0 Å². The Labute approximate surface area is 88.8 Å². The number of hydrogen-bond acceptors (Lipinski definition) is 3. The van der Waals surface area contributed by atoms with E-state index in [4.69, 9.17) is 9.57 Å². The van der Waals surface area contributed by atoms with Crippen LogP contribution in [0.3, 0.4) is 0 Å². The Balaban J connectivity index is 1.97. The van der Waals surface area contributed by atoms with Gasteiger partial charge in [-0.1, -0.05) is 13.0 Å². The van der Waals surface area contributed by atoms with Crippen molar-refractivity contribution in [2.45, 2.75) is 38.0 Å². The number of ether oxygens (including phenoxy) is 1. The van der Waals surface area contributed by atoms with Gasteiger partial charge in [0.2, 0.25) is 0 Å². The normalized spacial score (nSPS) is 43.3. The van der Waals surface area contributed by atoms with Gasteiger partial charge >= 0.3 is 0 Å². The van der Waals surface area contributed by atoms with Gasteiger partial charge in [0.15, 0.2) is 5.72 Å². The molecule has 3 rings (SSSR count). The first-order valence-corrected chi connectivity index (χ1v) is 5.61. The van der Waals surface area contributed by atoms with Crippen LogP contribution in [0.5, 0.6) is 0 Å². The molecule has 0 radical (unpaired) electrons. The van der Waals surface area contributed by atoms with Gasteiger partial charge in [0, 0.05) is 6.42 Å². The predicted molar refractivity (Wildman–Crippen MR) is 52.6 cm³/mol. The van der Waals surface area contributed by atoms with Crippen molar-refractivity contribution >= 4 is 5.91 Å². The molecular weight excluding hydrogens is 194 g/mol. The number of hydroxylamine groups is 2. The first-order valence-electron chi connectivity index (χ1n) is 5.61. The van der Waals surface area contributed by atoms with E-state index in [1.807, 2.05) is 19.1 Å². The van der Waals surface area contributed by atoms with Gasteiger partial charge in [0.25, 0.3) is 5.91 Å². The minimum Gasteiger partial charge on any atom is -0.341 e. The lowest BCUT2D eigenvalue weighted by Crippen LogP contribution is -2.61. The van der Waals surface area contributed by atoms with Crippen LogP contribution in [-0.2, 0) is 14.4 Å². The summed E-state index contributed by atoms with van der Waals surface area (Å²) in [4.78, 5) is 17.6.